The highest BCUT2D eigenvalue weighted by atomic mass is 19.4. The number of aliphatic hydroxyl groups excluding tert-OH is 1. The number of hydrogen-bond acceptors (Lipinski definition) is 4. The molecule has 0 bridgehead atoms. The molecule has 2 unspecified atom stereocenters. The van der Waals surface area contributed by atoms with E-state index in [1.807, 2.05) is 0 Å². The van der Waals surface area contributed by atoms with E-state index in [0.717, 1.165) is 6.20 Å². The summed E-state index contributed by atoms with van der Waals surface area (Å²) in [4.78, 5) is 3.97. The van der Waals surface area contributed by atoms with Gasteiger partial charge >= 0.3 is 6.18 Å². The van der Waals surface area contributed by atoms with Crippen LogP contribution in [0.2, 0.25) is 0 Å². The topological polar surface area (TPSA) is 54.4 Å². The predicted molar refractivity (Wildman–Crippen MR) is 82.5 cm³/mol. The molecule has 0 amide bonds. The van der Waals surface area contributed by atoms with E-state index in [9.17, 15) is 22.7 Å². The fraction of sp³-hybridized carbons (Fsp3) is 0.706. The lowest BCUT2D eigenvalue weighted by atomic mass is 9.75. The third-order valence-electron chi connectivity index (χ3n) is 5.35. The van der Waals surface area contributed by atoms with Crippen molar-refractivity contribution in [3.8, 4) is 0 Å². The van der Waals surface area contributed by atoms with Crippen LogP contribution >= 0.6 is 0 Å². The van der Waals surface area contributed by atoms with Gasteiger partial charge in [0.15, 0.2) is 0 Å². The second-order valence-corrected chi connectivity index (χ2v) is 6.89. The fourth-order valence-corrected chi connectivity index (χ4v) is 3.94. The number of aromatic nitrogens is 1. The van der Waals surface area contributed by atoms with E-state index in [0.29, 0.717) is 44.5 Å². The Hall–Kier alpha value is -1.25. The van der Waals surface area contributed by atoms with Gasteiger partial charge in [0.25, 0.3) is 0 Å². The Bertz CT molecular complexity index is 573. The average Bonchev–Trinajstić information content (AvgIpc) is 2.56. The van der Waals surface area contributed by atoms with E-state index < -0.39 is 42.1 Å². The quantitative estimate of drug-likeness (QED) is 0.812. The first kappa shape index (κ1) is 18.5. The maximum Gasteiger partial charge on any atom is 0.396 e. The Balaban J connectivity index is 1.91. The second kappa shape index (κ2) is 7.17. The van der Waals surface area contributed by atoms with E-state index in [1.165, 1.54) is 12.1 Å². The van der Waals surface area contributed by atoms with E-state index >= 15 is 0 Å². The Kier molecular flexibility index (Phi) is 5.31. The van der Waals surface area contributed by atoms with Crippen LogP contribution in [0.5, 0.6) is 0 Å². The highest BCUT2D eigenvalue weighted by Gasteiger charge is 2.53. The molecule has 0 radical (unpaired) electrons. The van der Waals surface area contributed by atoms with E-state index in [4.69, 9.17) is 4.74 Å². The summed E-state index contributed by atoms with van der Waals surface area (Å²) in [6.07, 6.45) is -2.42. The number of nitrogens with zero attached hydrogens (tertiary/aromatic N) is 1. The van der Waals surface area contributed by atoms with Crippen LogP contribution in [0.15, 0.2) is 18.3 Å². The number of aliphatic hydroxyl groups is 1. The number of hydrogen-bond donors (Lipinski definition) is 2. The van der Waals surface area contributed by atoms with E-state index in [2.05, 4.69) is 10.3 Å². The zero-order chi connectivity index (χ0) is 18.1. The molecule has 8 heteroatoms. The van der Waals surface area contributed by atoms with Gasteiger partial charge in [-0.2, -0.15) is 13.2 Å². The van der Waals surface area contributed by atoms with Crippen LogP contribution in [0.25, 0.3) is 0 Å². The molecule has 1 aromatic rings. The standard InChI is InChI=1S/C17H22F4N2O2/c18-11-1-2-14(23-9-11)12-3-4-16(5-7-22-8-6-16)25-15(12)13(10-24)17(19,20)21/h1-2,9,12-13,15,22,24H,3-8,10H2/t12?,13?,15-/m1/s1. The number of pyridine rings is 1. The van der Waals surface area contributed by atoms with Gasteiger partial charge in [-0.3, -0.25) is 4.98 Å². The predicted octanol–water partition coefficient (Wildman–Crippen LogP) is 2.78. The minimum Gasteiger partial charge on any atom is -0.396 e. The van der Waals surface area contributed by atoms with Gasteiger partial charge in [-0.25, -0.2) is 4.39 Å². The lowest BCUT2D eigenvalue weighted by Gasteiger charge is -2.49. The van der Waals surface area contributed by atoms with Crippen molar-refractivity contribution in [1.82, 2.24) is 10.3 Å². The molecule has 2 aliphatic heterocycles. The first-order chi connectivity index (χ1) is 11.8. The molecule has 2 saturated heterocycles. The van der Waals surface area contributed by atoms with E-state index in [-0.39, 0.29) is 0 Å². The molecule has 2 fully saturated rings. The zero-order valence-corrected chi connectivity index (χ0v) is 13.7. The zero-order valence-electron chi connectivity index (χ0n) is 13.7. The van der Waals surface area contributed by atoms with Gasteiger partial charge in [-0.05, 0) is 50.9 Å². The molecule has 140 valence electrons. The van der Waals surface area contributed by atoms with Crippen molar-refractivity contribution in [3.63, 3.8) is 0 Å². The van der Waals surface area contributed by atoms with Crippen LogP contribution in [0.4, 0.5) is 17.6 Å². The van der Waals surface area contributed by atoms with Crippen LogP contribution in [-0.2, 0) is 4.74 Å². The molecular formula is C17H22F4N2O2. The normalized spacial score (nSPS) is 28.0. The molecule has 0 saturated carbocycles. The lowest BCUT2D eigenvalue weighted by molar-refractivity contribution is -0.254. The molecular weight excluding hydrogens is 340 g/mol. The molecule has 1 spiro atoms. The van der Waals surface area contributed by atoms with Gasteiger partial charge in [0, 0.05) is 11.6 Å². The fourth-order valence-electron chi connectivity index (χ4n) is 3.94. The minimum absolute atomic E-state index is 0.373. The third kappa shape index (κ3) is 3.96. The summed E-state index contributed by atoms with van der Waals surface area (Å²) in [5, 5.41) is 12.6. The van der Waals surface area contributed by atoms with Crippen molar-refractivity contribution >= 4 is 0 Å². The number of ether oxygens (including phenoxy) is 1. The molecule has 0 aliphatic carbocycles. The SMILES string of the molecule is OCC([C@@H]1OC2(CCNCC2)CCC1c1ccc(F)cn1)C(F)(F)F. The summed E-state index contributed by atoms with van der Waals surface area (Å²) in [5.74, 6) is -3.15. The lowest BCUT2D eigenvalue weighted by Crippen LogP contribution is -2.54. The minimum atomic E-state index is -4.58. The monoisotopic (exact) mass is 362 g/mol. The van der Waals surface area contributed by atoms with E-state index in [1.54, 1.807) is 0 Å². The summed E-state index contributed by atoms with van der Waals surface area (Å²) < 4.78 is 59.6. The largest absolute Gasteiger partial charge is 0.396 e. The summed E-state index contributed by atoms with van der Waals surface area (Å²) in [6.45, 7) is 0.351. The van der Waals surface area contributed by atoms with Crippen LogP contribution in [0.1, 0.15) is 37.3 Å². The first-order valence-electron chi connectivity index (χ1n) is 8.52. The summed E-state index contributed by atoms with van der Waals surface area (Å²) in [7, 11) is 0. The van der Waals surface area contributed by atoms with Gasteiger partial charge in [0.1, 0.15) is 11.7 Å². The van der Waals surface area contributed by atoms with Gasteiger partial charge in [-0.1, -0.05) is 0 Å². The molecule has 1 aromatic heterocycles. The van der Waals surface area contributed by atoms with Crippen molar-refractivity contribution < 1.29 is 27.4 Å². The second-order valence-electron chi connectivity index (χ2n) is 6.89. The molecule has 2 N–H and O–H groups in total. The smallest absolute Gasteiger partial charge is 0.396 e. The van der Waals surface area contributed by atoms with Gasteiger partial charge in [-0.15, -0.1) is 0 Å². The van der Waals surface area contributed by atoms with Crippen LogP contribution in [-0.4, -0.2) is 47.7 Å². The van der Waals surface area contributed by atoms with Crippen molar-refractivity contribution in [2.75, 3.05) is 19.7 Å². The van der Waals surface area contributed by atoms with Crippen molar-refractivity contribution in [2.45, 2.75) is 49.5 Å². The first-order valence-corrected chi connectivity index (χ1v) is 8.52. The Morgan fingerprint density at radius 1 is 1.28 bits per heavy atom. The molecule has 25 heavy (non-hydrogen) atoms. The van der Waals surface area contributed by atoms with Gasteiger partial charge in [0.2, 0.25) is 0 Å². The van der Waals surface area contributed by atoms with Gasteiger partial charge < -0.3 is 15.2 Å². The maximum absolute atomic E-state index is 13.5. The molecule has 3 atom stereocenters. The van der Waals surface area contributed by atoms with Crippen molar-refractivity contribution in [2.24, 2.45) is 5.92 Å². The Morgan fingerprint density at radius 3 is 2.56 bits per heavy atom. The molecule has 4 nitrogen and oxygen atoms in total. The van der Waals surface area contributed by atoms with Crippen LogP contribution in [0.3, 0.4) is 0 Å². The number of alkyl halides is 3. The molecule has 2 aliphatic rings. The molecule has 0 aromatic carbocycles. The molecule has 3 rings (SSSR count). The van der Waals surface area contributed by atoms with Crippen molar-refractivity contribution in [3.05, 3.63) is 29.8 Å². The Labute approximate surface area is 143 Å². The Morgan fingerprint density at radius 2 is 2.00 bits per heavy atom. The number of nitrogens with one attached hydrogen (secondary N) is 1. The van der Waals surface area contributed by atoms with Crippen molar-refractivity contribution in [1.29, 1.82) is 0 Å². The maximum atomic E-state index is 13.5. The highest BCUT2D eigenvalue weighted by Crippen LogP contribution is 2.47. The highest BCUT2D eigenvalue weighted by molar-refractivity contribution is 5.15. The summed E-state index contributed by atoms with van der Waals surface area (Å²) >= 11 is 0. The summed E-state index contributed by atoms with van der Waals surface area (Å²) in [5.41, 5.74) is -0.219. The number of halogens is 4. The average molecular weight is 362 g/mol. The molecule has 3 heterocycles. The number of rotatable bonds is 3. The third-order valence-corrected chi connectivity index (χ3v) is 5.35. The van der Waals surface area contributed by atoms with Gasteiger partial charge in [0.05, 0.1) is 24.5 Å². The van der Waals surface area contributed by atoms with Crippen LogP contribution in [0, 0.1) is 11.7 Å². The van der Waals surface area contributed by atoms with Crippen LogP contribution < -0.4 is 5.32 Å². The number of piperidine rings is 1. The summed E-state index contributed by atoms with van der Waals surface area (Å²) in [6, 6.07) is 2.59.